The number of anilines is 1. The third-order valence-electron chi connectivity index (χ3n) is 4.49. The van der Waals surface area contributed by atoms with Crippen LogP contribution in [0.4, 0.5) is 5.13 Å². The smallest absolute Gasteiger partial charge is 0.185 e. The Kier molecular flexibility index (Phi) is 6.45. The van der Waals surface area contributed by atoms with Gasteiger partial charge in [-0.05, 0) is 32.4 Å². The maximum absolute atomic E-state index is 4.89. The van der Waals surface area contributed by atoms with Gasteiger partial charge in [0, 0.05) is 37.6 Å². The molecule has 1 N–H and O–H groups in total. The molecular formula is C16H30N4S. The average molecular weight is 311 g/mol. The van der Waals surface area contributed by atoms with Crippen molar-refractivity contribution in [3.63, 3.8) is 0 Å². The topological polar surface area (TPSA) is 31.4 Å². The van der Waals surface area contributed by atoms with Crippen molar-refractivity contribution in [3.8, 4) is 0 Å². The van der Waals surface area contributed by atoms with Gasteiger partial charge in [0.05, 0.1) is 5.69 Å². The number of rotatable bonds is 7. The second-order valence-electron chi connectivity index (χ2n) is 5.78. The third kappa shape index (κ3) is 4.18. The summed E-state index contributed by atoms with van der Waals surface area (Å²) in [5.41, 5.74) is 1.27. The summed E-state index contributed by atoms with van der Waals surface area (Å²) in [5.74, 6) is 0. The summed E-state index contributed by atoms with van der Waals surface area (Å²) in [4.78, 5) is 11.3. The molecule has 0 unspecified atom stereocenters. The predicted octanol–water partition coefficient (Wildman–Crippen LogP) is 2.74. The fourth-order valence-electron chi connectivity index (χ4n) is 2.95. The van der Waals surface area contributed by atoms with E-state index in [1.54, 1.807) is 0 Å². The molecule has 0 radical (unpaired) electrons. The summed E-state index contributed by atoms with van der Waals surface area (Å²) < 4.78 is 0. The Bertz CT molecular complexity index is 424. The average Bonchev–Trinajstić information content (AvgIpc) is 2.95. The lowest BCUT2D eigenvalue weighted by Crippen LogP contribution is -2.43. The highest BCUT2D eigenvalue weighted by molar-refractivity contribution is 7.15. The Morgan fingerprint density at radius 3 is 2.57 bits per heavy atom. The van der Waals surface area contributed by atoms with Gasteiger partial charge in [-0.2, -0.15) is 0 Å². The molecule has 1 aliphatic rings. The highest BCUT2D eigenvalue weighted by Crippen LogP contribution is 2.29. The first-order valence-corrected chi connectivity index (χ1v) is 9.15. The number of nitrogens with one attached hydrogen (secondary N) is 1. The van der Waals surface area contributed by atoms with Crippen LogP contribution in [-0.2, 0) is 13.0 Å². The number of nitrogens with zero attached hydrogens (tertiary/aromatic N) is 3. The fourth-order valence-corrected chi connectivity index (χ4v) is 4.10. The van der Waals surface area contributed by atoms with Crippen LogP contribution < -0.4 is 10.2 Å². The number of aryl methyl sites for hydroxylation is 1. The minimum Gasteiger partial charge on any atom is -0.348 e. The molecule has 1 saturated heterocycles. The molecule has 2 rings (SSSR count). The summed E-state index contributed by atoms with van der Waals surface area (Å²) >= 11 is 1.87. The van der Waals surface area contributed by atoms with Gasteiger partial charge in [0.15, 0.2) is 5.13 Å². The third-order valence-corrected chi connectivity index (χ3v) is 5.68. The van der Waals surface area contributed by atoms with Crippen LogP contribution in [-0.4, -0.2) is 49.2 Å². The van der Waals surface area contributed by atoms with E-state index in [4.69, 9.17) is 4.98 Å². The molecule has 0 bridgehead atoms. The molecule has 1 fully saturated rings. The molecular weight excluding hydrogens is 280 g/mol. The number of aromatic nitrogens is 1. The van der Waals surface area contributed by atoms with Crippen LogP contribution in [0.3, 0.4) is 0 Å². The Hall–Kier alpha value is -0.650. The van der Waals surface area contributed by atoms with E-state index < -0.39 is 0 Å². The predicted molar refractivity (Wildman–Crippen MR) is 92.4 cm³/mol. The van der Waals surface area contributed by atoms with Gasteiger partial charge in [-0.1, -0.05) is 20.8 Å². The van der Waals surface area contributed by atoms with Crippen LogP contribution in [0, 0.1) is 0 Å². The highest BCUT2D eigenvalue weighted by Gasteiger charge is 2.24. The number of likely N-dealkylation sites (tertiary alicyclic amines) is 1. The standard InChI is InChI=1S/C16H30N4S/c1-5-14-15(12-17-6-2)21-16(18-14)19(4)13-8-10-20(7-3)11-9-13/h13,17H,5-12H2,1-4H3. The van der Waals surface area contributed by atoms with Gasteiger partial charge in [0.1, 0.15) is 0 Å². The first-order valence-electron chi connectivity index (χ1n) is 8.34. The Labute approximate surface area is 133 Å². The first-order chi connectivity index (χ1) is 10.2. The summed E-state index contributed by atoms with van der Waals surface area (Å²) in [7, 11) is 2.22. The number of piperidine rings is 1. The van der Waals surface area contributed by atoms with Gasteiger partial charge in [0.2, 0.25) is 0 Å². The monoisotopic (exact) mass is 310 g/mol. The molecule has 4 nitrogen and oxygen atoms in total. The summed E-state index contributed by atoms with van der Waals surface area (Å²) in [6.45, 7) is 12.2. The van der Waals surface area contributed by atoms with E-state index in [2.05, 4.69) is 42.9 Å². The lowest BCUT2D eigenvalue weighted by atomic mass is 10.0. The largest absolute Gasteiger partial charge is 0.348 e. The van der Waals surface area contributed by atoms with E-state index in [-0.39, 0.29) is 0 Å². The van der Waals surface area contributed by atoms with Gasteiger partial charge in [-0.25, -0.2) is 4.98 Å². The van der Waals surface area contributed by atoms with Crippen molar-refractivity contribution in [2.45, 2.75) is 52.6 Å². The van der Waals surface area contributed by atoms with E-state index in [1.807, 2.05) is 11.3 Å². The van der Waals surface area contributed by atoms with Crippen LogP contribution in [0.15, 0.2) is 0 Å². The molecule has 1 aromatic heterocycles. The molecule has 0 saturated carbocycles. The molecule has 0 atom stereocenters. The van der Waals surface area contributed by atoms with E-state index in [0.717, 1.165) is 19.5 Å². The Morgan fingerprint density at radius 1 is 1.29 bits per heavy atom. The van der Waals surface area contributed by atoms with E-state index >= 15 is 0 Å². The zero-order chi connectivity index (χ0) is 15.2. The number of thiazole rings is 1. The lowest BCUT2D eigenvalue weighted by Gasteiger charge is -2.36. The van der Waals surface area contributed by atoms with E-state index in [1.165, 1.54) is 48.2 Å². The number of hydrogen-bond acceptors (Lipinski definition) is 5. The minimum absolute atomic E-state index is 0.649. The molecule has 5 heteroatoms. The van der Waals surface area contributed by atoms with Crippen LogP contribution in [0.25, 0.3) is 0 Å². The lowest BCUT2D eigenvalue weighted by molar-refractivity contribution is 0.221. The molecule has 0 aromatic carbocycles. The van der Waals surface area contributed by atoms with Crippen molar-refractivity contribution < 1.29 is 0 Å². The maximum Gasteiger partial charge on any atom is 0.185 e. The molecule has 21 heavy (non-hydrogen) atoms. The van der Waals surface area contributed by atoms with Crippen LogP contribution in [0.2, 0.25) is 0 Å². The Morgan fingerprint density at radius 2 is 2.00 bits per heavy atom. The molecule has 2 heterocycles. The van der Waals surface area contributed by atoms with Crippen LogP contribution in [0.1, 0.15) is 44.2 Å². The second-order valence-corrected chi connectivity index (χ2v) is 6.84. The SMILES string of the molecule is CCNCc1sc(N(C)C2CCN(CC)CC2)nc1CC. The molecule has 0 amide bonds. The van der Waals surface area contributed by atoms with Crippen molar-refractivity contribution in [2.24, 2.45) is 0 Å². The first kappa shape index (κ1) is 16.7. The van der Waals surface area contributed by atoms with Crippen molar-refractivity contribution in [1.82, 2.24) is 15.2 Å². The van der Waals surface area contributed by atoms with Gasteiger partial charge in [0.25, 0.3) is 0 Å². The molecule has 120 valence electrons. The molecule has 1 aliphatic heterocycles. The zero-order valence-electron chi connectivity index (χ0n) is 14.0. The Balaban J connectivity index is 2.01. The van der Waals surface area contributed by atoms with Crippen LogP contribution in [0.5, 0.6) is 0 Å². The van der Waals surface area contributed by atoms with Crippen molar-refractivity contribution in [1.29, 1.82) is 0 Å². The maximum atomic E-state index is 4.89. The second kappa shape index (κ2) is 8.11. The van der Waals surface area contributed by atoms with Gasteiger partial charge >= 0.3 is 0 Å². The summed E-state index contributed by atoms with van der Waals surface area (Å²) in [5, 5.41) is 4.63. The quantitative estimate of drug-likeness (QED) is 0.839. The van der Waals surface area contributed by atoms with Gasteiger partial charge < -0.3 is 15.1 Å². The van der Waals surface area contributed by atoms with Crippen molar-refractivity contribution in [2.75, 3.05) is 38.1 Å². The number of hydrogen-bond donors (Lipinski definition) is 1. The zero-order valence-corrected chi connectivity index (χ0v) is 14.8. The highest BCUT2D eigenvalue weighted by atomic mass is 32.1. The minimum atomic E-state index is 0.649. The van der Waals surface area contributed by atoms with E-state index in [9.17, 15) is 0 Å². The summed E-state index contributed by atoms with van der Waals surface area (Å²) in [6, 6.07) is 0.649. The van der Waals surface area contributed by atoms with Gasteiger partial charge in [-0.15, -0.1) is 11.3 Å². The molecule has 0 aliphatic carbocycles. The molecule has 1 aromatic rings. The fraction of sp³-hybridized carbons (Fsp3) is 0.812. The van der Waals surface area contributed by atoms with Crippen LogP contribution >= 0.6 is 11.3 Å². The van der Waals surface area contributed by atoms with Crippen molar-refractivity contribution in [3.05, 3.63) is 10.6 Å². The van der Waals surface area contributed by atoms with Gasteiger partial charge in [-0.3, -0.25) is 0 Å². The summed E-state index contributed by atoms with van der Waals surface area (Å²) in [6.07, 6.45) is 3.54. The molecule has 0 spiro atoms. The van der Waals surface area contributed by atoms with Crippen molar-refractivity contribution >= 4 is 16.5 Å². The van der Waals surface area contributed by atoms with E-state index in [0.29, 0.717) is 6.04 Å². The normalized spacial score (nSPS) is 17.3.